The number of benzene rings is 1. The molecule has 180 valence electrons. The van der Waals surface area contributed by atoms with Gasteiger partial charge in [0.25, 0.3) is 5.91 Å². The lowest BCUT2D eigenvalue weighted by Crippen LogP contribution is -2.40. The van der Waals surface area contributed by atoms with Crippen LogP contribution in [-0.4, -0.2) is 61.0 Å². The largest absolute Gasteiger partial charge is 0.383 e. The van der Waals surface area contributed by atoms with Crippen LogP contribution in [0, 0.1) is 6.92 Å². The van der Waals surface area contributed by atoms with Gasteiger partial charge in [-0.2, -0.15) is 0 Å². The van der Waals surface area contributed by atoms with Crippen molar-refractivity contribution in [2.24, 2.45) is 0 Å². The summed E-state index contributed by atoms with van der Waals surface area (Å²) < 4.78 is 5.09. The molecule has 0 unspecified atom stereocenters. The molecule has 0 saturated heterocycles. The summed E-state index contributed by atoms with van der Waals surface area (Å²) in [5.74, 6) is -0.672. The standard InChI is InChI=1S/C24H34N4O4S/c1-4-5-6-7-12-25-21(29)15-20-17-33-24(26-20)27-22(30)16-28(13-14-32-3)23(31)19-10-8-18(2)9-11-19/h8-11,17H,4-7,12-16H2,1-3H3,(H,25,29)(H,26,27,30). The van der Waals surface area contributed by atoms with Crippen LogP contribution in [0.2, 0.25) is 0 Å². The van der Waals surface area contributed by atoms with E-state index in [9.17, 15) is 14.4 Å². The lowest BCUT2D eigenvalue weighted by Gasteiger charge is -2.21. The second kappa shape index (κ2) is 14.4. The van der Waals surface area contributed by atoms with Gasteiger partial charge in [0.05, 0.1) is 18.7 Å². The predicted octanol–water partition coefficient (Wildman–Crippen LogP) is 3.42. The number of hydrogen-bond donors (Lipinski definition) is 2. The zero-order valence-electron chi connectivity index (χ0n) is 19.7. The third-order valence-corrected chi connectivity index (χ3v) is 5.78. The Morgan fingerprint density at radius 1 is 1.09 bits per heavy atom. The van der Waals surface area contributed by atoms with Crippen LogP contribution in [0.15, 0.2) is 29.6 Å². The number of amides is 3. The maximum atomic E-state index is 12.9. The van der Waals surface area contributed by atoms with Gasteiger partial charge in [-0.15, -0.1) is 11.3 Å². The number of nitrogens with one attached hydrogen (secondary N) is 2. The highest BCUT2D eigenvalue weighted by Crippen LogP contribution is 2.16. The minimum atomic E-state index is -0.354. The maximum Gasteiger partial charge on any atom is 0.254 e. The molecular formula is C24H34N4O4S. The molecule has 1 aromatic heterocycles. The van der Waals surface area contributed by atoms with Crippen molar-refractivity contribution < 1.29 is 19.1 Å². The predicted molar refractivity (Wildman–Crippen MR) is 131 cm³/mol. The lowest BCUT2D eigenvalue weighted by atomic mass is 10.1. The molecule has 8 nitrogen and oxygen atoms in total. The van der Waals surface area contributed by atoms with E-state index in [0.29, 0.717) is 29.5 Å². The number of aryl methyl sites for hydroxylation is 1. The van der Waals surface area contributed by atoms with Gasteiger partial charge < -0.3 is 20.3 Å². The molecule has 3 amide bonds. The quantitative estimate of drug-likeness (QED) is 0.409. The molecule has 0 spiro atoms. The SMILES string of the molecule is CCCCCCNC(=O)Cc1csc(NC(=O)CN(CCOC)C(=O)c2ccc(C)cc2)n1. The lowest BCUT2D eigenvalue weighted by molar-refractivity contribution is -0.120. The number of carbonyl (C=O) groups is 3. The fourth-order valence-corrected chi connectivity index (χ4v) is 3.84. The Bertz CT molecular complexity index is 898. The van der Waals surface area contributed by atoms with Crippen molar-refractivity contribution in [1.29, 1.82) is 0 Å². The summed E-state index contributed by atoms with van der Waals surface area (Å²) in [5, 5.41) is 7.79. The van der Waals surface area contributed by atoms with Gasteiger partial charge in [-0.25, -0.2) is 4.98 Å². The number of carbonyl (C=O) groups excluding carboxylic acids is 3. The van der Waals surface area contributed by atoms with E-state index < -0.39 is 0 Å². The average molecular weight is 475 g/mol. The van der Waals surface area contributed by atoms with Crippen LogP contribution in [0.5, 0.6) is 0 Å². The Hall–Kier alpha value is -2.78. The molecular weight excluding hydrogens is 440 g/mol. The molecule has 0 aliphatic heterocycles. The van der Waals surface area contributed by atoms with E-state index in [1.54, 1.807) is 24.6 Å². The van der Waals surface area contributed by atoms with Crippen LogP contribution < -0.4 is 10.6 Å². The van der Waals surface area contributed by atoms with Crippen molar-refractivity contribution in [3.63, 3.8) is 0 Å². The van der Waals surface area contributed by atoms with E-state index >= 15 is 0 Å². The Morgan fingerprint density at radius 3 is 2.55 bits per heavy atom. The van der Waals surface area contributed by atoms with Gasteiger partial charge in [-0.05, 0) is 25.5 Å². The van der Waals surface area contributed by atoms with E-state index in [1.165, 1.54) is 22.7 Å². The number of hydrogen-bond acceptors (Lipinski definition) is 6. The molecule has 0 radical (unpaired) electrons. The Balaban J connectivity index is 1.87. The van der Waals surface area contributed by atoms with Crippen LogP contribution >= 0.6 is 11.3 Å². The maximum absolute atomic E-state index is 12.9. The fraction of sp³-hybridized carbons (Fsp3) is 0.500. The molecule has 0 aliphatic carbocycles. The topological polar surface area (TPSA) is 101 Å². The molecule has 0 bridgehead atoms. The Kier molecular flexibility index (Phi) is 11.5. The summed E-state index contributed by atoms with van der Waals surface area (Å²) in [6, 6.07) is 7.22. The van der Waals surface area contributed by atoms with E-state index in [0.717, 1.165) is 24.8 Å². The van der Waals surface area contributed by atoms with E-state index in [4.69, 9.17) is 4.74 Å². The number of nitrogens with zero attached hydrogens (tertiary/aromatic N) is 2. The zero-order valence-corrected chi connectivity index (χ0v) is 20.5. The zero-order chi connectivity index (χ0) is 24.1. The molecule has 0 saturated carbocycles. The summed E-state index contributed by atoms with van der Waals surface area (Å²) in [7, 11) is 1.55. The number of anilines is 1. The van der Waals surface area contributed by atoms with Crippen LogP contribution in [-0.2, 0) is 20.7 Å². The second-order valence-corrected chi connectivity index (χ2v) is 8.72. The van der Waals surface area contributed by atoms with Crippen molar-refractivity contribution >= 4 is 34.2 Å². The smallest absolute Gasteiger partial charge is 0.254 e. The highest BCUT2D eigenvalue weighted by Gasteiger charge is 2.19. The summed E-state index contributed by atoms with van der Waals surface area (Å²) in [4.78, 5) is 43.3. The van der Waals surface area contributed by atoms with Gasteiger partial charge >= 0.3 is 0 Å². The van der Waals surface area contributed by atoms with Gasteiger partial charge in [0.15, 0.2) is 5.13 Å². The van der Waals surface area contributed by atoms with Gasteiger partial charge in [-0.3, -0.25) is 14.4 Å². The number of ether oxygens (including phenoxy) is 1. The first-order valence-electron chi connectivity index (χ1n) is 11.3. The summed E-state index contributed by atoms with van der Waals surface area (Å²) in [5.41, 5.74) is 2.17. The molecule has 0 aliphatic rings. The summed E-state index contributed by atoms with van der Waals surface area (Å²) in [6.45, 7) is 5.25. The highest BCUT2D eigenvalue weighted by molar-refractivity contribution is 7.13. The van der Waals surface area contributed by atoms with Gasteiger partial charge in [0.2, 0.25) is 11.8 Å². The first kappa shape index (κ1) is 26.5. The molecule has 9 heteroatoms. The number of methoxy groups -OCH3 is 1. The number of thiazole rings is 1. The monoisotopic (exact) mass is 474 g/mol. The number of unbranched alkanes of at least 4 members (excludes halogenated alkanes) is 3. The Labute approximate surface area is 199 Å². The molecule has 33 heavy (non-hydrogen) atoms. The van der Waals surface area contributed by atoms with Crippen LogP contribution in [0.4, 0.5) is 5.13 Å². The molecule has 2 rings (SSSR count). The van der Waals surface area contributed by atoms with Gasteiger partial charge in [-0.1, -0.05) is 43.9 Å². The van der Waals surface area contributed by atoms with Crippen molar-refractivity contribution in [3.05, 3.63) is 46.5 Å². The Morgan fingerprint density at radius 2 is 1.85 bits per heavy atom. The summed E-state index contributed by atoms with van der Waals surface area (Å²) in [6.07, 6.45) is 4.58. The van der Waals surface area contributed by atoms with Crippen molar-refractivity contribution in [2.75, 3.05) is 38.7 Å². The first-order chi connectivity index (χ1) is 15.9. The van der Waals surface area contributed by atoms with E-state index in [2.05, 4.69) is 22.5 Å². The first-order valence-corrected chi connectivity index (χ1v) is 12.2. The minimum absolute atomic E-state index is 0.0795. The number of rotatable bonds is 14. The van der Waals surface area contributed by atoms with Crippen molar-refractivity contribution in [2.45, 2.75) is 46.0 Å². The van der Waals surface area contributed by atoms with Crippen molar-refractivity contribution in [1.82, 2.24) is 15.2 Å². The highest BCUT2D eigenvalue weighted by atomic mass is 32.1. The average Bonchev–Trinajstić information content (AvgIpc) is 3.22. The summed E-state index contributed by atoms with van der Waals surface area (Å²) >= 11 is 1.25. The second-order valence-electron chi connectivity index (χ2n) is 7.87. The normalized spacial score (nSPS) is 10.6. The third-order valence-electron chi connectivity index (χ3n) is 4.98. The third kappa shape index (κ3) is 9.71. The number of aromatic nitrogens is 1. The van der Waals surface area contributed by atoms with Gasteiger partial charge in [0, 0.05) is 31.1 Å². The van der Waals surface area contributed by atoms with E-state index in [1.807, 2.05) is 19.1 Å². The molecule has 1 heterocycles. The fourth-order valence-electron chi connectivity index (χ4n) is 3.12. The van der Waals surface area contributed by atoms with Gasteiger partial charge in [0.1, 0.15) is 6.54 Å². The van der Waals surface area contributed by atoms with E-state index in [-0.39, 0.29) is 37.2 Å². The molecule has 2 aromatic rings. The molecule has 1 aromatic carbocycles. The van der Waals surface area contributed by atoms with Crippen LogP contribution in [0.3, 0.4) is 0 Å². The minimum Gasteiger partial charge on any atom is -0.383 e. The molecule has 2 N–H and O–H groups in total. The van der Waals surface area contributed by atoms with Crippen molar-refractivity contribution in [3.8, 4) is 0 Å². The molecule has 0 fully saturated rings. The van der Waals surface area contributed by atoms with Crippen LogP contribution in [0.25, 0.3) is 0 Å². The van der Waals surface area contributed by atoms with Crippen LogP contribution in [0.1, 0.15) is 54.2 Å². The molecule has 0 atom stereocenters.